The quantitative estimate of drug-likeness (QED) is 0.839. The van der Waals surface area contributed by atoms with Crippen LogP contribution in [-0.4, -0.2) is 41.5 Å². The number of hydrogen-bond donors (Lipinski definition) is 2. The first kappa shape index (κ1) is 16.6. The molecule has 3 aliphatic rings. The minimum absolute atomic E-state index is 0.133. The normalized spacial score (nSPS) is 25.1. The molecular formula is C18H31N3O2. The Bertz CT molecular complexity index is 420. The minimum atomic E-state index is -0.651. The fourth-order valence-corrected chi connectivity index (χ4v) is 4.46. The van der Waals surface area contributed by atoms with E-state index in [1.54, 1.807) is 0 Å². The molecule has 23 heavy (non-hydrogen) atoms. The lowest BCUT2D eigenvalue weighted by Gasteiger charge is -2.39. The molecular weight excluding hydrogens is 290 g/mol. The summed E-state index contributed by atoms with van der Waals surface area (Å²) in [6, 6.07) is 0.151. The lowest BCUT2D eigenvalue weighted by atomic mass is 9.80. The number of hydrogen-bond acceptors (Lipinski definition) is 2. The maximum Gasteiger partial charge on any atom is 0.315 e. The standard InChI is InChI=1S/C18H31N3O2/c22-16(21-13-7-8-14-21)18(11-5-2-6-12-18)20-17(23)19-15-9-3-1-4-10-15/h15H,1-14H2,(H2,19,20,23). The van der Waals surface area contributed by atoms with Crippen molar-refractivity contribution in [2.75, 3.05) is 13.1 Å². The van der Waals surface area contributed by atoms with Gasteiger partial charge in [-0.3, -0.25) is 4.79 Å². The topological polar surface area (TPSA) is 61.4 Å². The number of rotatable bonds is 3. The van der Waals surface area contributed by atoms with E-state index in [0.717, 1.165) is 64.5 Å². The first-order valence-electron chi connectivity index (χ1n) is 9.58. The third-order valence-electron chi connectivity index (χ3n) is 5.80. The molecule has 2 saturated carbocycles. The minimum Gasteiger partial charge on any atom is -0.341 e. The van der Waals surface area contributed by atoms with Crippen molar-refractivity contribution in [1.82, 2.24) is 15.5 Å². The van der Waals surface area contributed by atoms with Gasteiger partial charge in [0.15, 0.2) is 0 Å². The molecule has 0 unspecified atom stereocenters. The summed E-state index contributed by atoms with van der Waals surface area (Å²) in [5, 5.41) is 6.23. The third kappa shape index (κ3) is 3.99. The molecule has 3 rings (SSSR count). The van der Waals surface area contributed by atoms with Crippen LogP contribution in [-0.2, 0) is 4.79 Å². The number of carbonyl (C=O) groups excluding carboxylic acids is 2. The van der Waals surface area contributed by atoms with Crippen LogP contribution in [0.1, 0.15) is 77.0 Å². The third-order valence-corrected chi connectivity index (χ3v) is 5.80. The average molecular weight is 321 g/mol. The predicted molar refractivity (Wildman–Crippen MR) is 90.2 cm³/mol. The van der Waals surface area contributed by atoms with Crippen LogP contribution in [0.5, 0.6) is 0 Å². The molecule has 3 amide bonds. The Morgan fingerprint density at radius 3 is 2.09 bits per heavy atom. The molecule has 5 nitrogen and oxygen atoms in total. The van der Waals surface area contributed by atoms with Gasteiger partial charge in [0, 0.05) is 19.1 Å². The molecule has 0 atom stereocenters. The summed E-state index contributed by atoms with van der Waals surface area (Å²) in [5.74, 6) is 0.161. The highest BCUT2D eigenvalue weighted by Gasteiger charge is 2.44. The first-order chi connectivity index (χ1) is 11.2. The van der Waals surface area contributed by atoms with Gasteiger partial charge in [0.25, 0.3) is 0 Å². The van der Waals surface area contributed by atoms with Gasteiger partial charge < -0.3 is 15.5 Å². The van der Waals surface area contributed by atoms with E-state index in [1.807, 2.05) is 4.90 Å². The molecule has 0 spiro atoms. The molecule has 0 bridgehead atoms. The van der Waals surface area contributed by atoms with Crippen LogP contribution < -0.4 is 10.6 Å². The van der Waals surface area contributed by atoms with Gasteiger partial charge in [0.05, 0.1) is 0 Å². The number of nitrogens with zero attached hydrogens (tertiary/aromatic N) is 1. The van der Waals surface area contributed by atoms with Crippen molar-refractivity contribution < 1.29 is 9.59 Å². The van der Waals surface area contributed by atoms with E-state index in [4.69, 9.17) is 0 Å². The number of likely N-dealkylation sites (tertiary alicyclic amines) is 1. The lowest BCUT2D eigenvalue weighted by Crippen LogP contribution is -2.62. The van der Waals surface area contributed by atoms with Crippen LogP contribution in [0.4, 0.5) is 4.79 Å². The highest BCUT2D eigenvalue weighted by atomic mass is 16.2. The van der Waals surface area contributed by atoms with Crippen molar-refractivity contribution in [3.8, 4) is 0 Å². The Hall–Kier alpha value is -1.26. The predicted octanol–water partition coefficient (Wildman–Crippen LogP) is 2.94. The van der Waals surface area contributed by atoms with Gasteiger partial charge in [-0.05, 0) is 38.5 Å². The van der Waals surface area contributed by atoms with Crippen molar-refractivity contribution in [3.63, 3.8) is 0 Å². The van der Waals surface area contributed by atoms with E-state index in [1.165, 1.54) is 25.7 Å². The largest absolute Gasteiger partial charge is 0.341 e. The SMILES string of the molecule is O=C(NC1CCCCC1)NC1(C(=O)N2CCCC2)CCCCC1. The average Bonchev–Trinajstić information content (AvgIpc) is 3.10. The smallest absolute Gasteiger partial charge is 0.315 e. The second-order valence-electron chi connectivity index (χ2n) is 7.58. The summed E-state index contributed by atoms with van der Waals surface area (Å²) in [5.41, 5.74) is -0.651. The van der Waals surface area contributed by atoms with E-state index in [-0.39, 0.29) is 18.0 Å². The Kier molecular flexibility index (Phi) is 5.44. The monoisotopic (exact) mass is 321 g/mol. The zero-order valence-electron chi connectivity index (χ0n) is 14.2. The number of nitrogens with one attached hydrogen (secondary N) is 2. The van der Waals surface area contributed by atoms with Gasteiger partial charge in [0.1, 0.15) is 5.54 Å². The summed E-state index contributed by atoms with van der Waals surface area (Å²) in [6.45, 7) is 1.71. The van der Waals surface area contributed by atoms with E-state index in [0.29, 0.717) is 0 Å². The molecule has 0 aromatic rings. The van der Waals surface area contributed by atoms with E-state index >= 15 is 0 Å². The molecule has 2 aliphatic carbocycles. The molecule has 0 aromatic heterocycles. The molecule has 1 saturated heterocycles. The van der Waals surface area contributed by atoms with Crippen molar-refractivity contribution >= 4 is 11.9 Å². The summed E-state index contributed by atoms with van der Waals surface area (Å²) >= 11 is 0. The van der Waals surface area contributed by atoms with Crippen molar-refractivity contribution in [3.05, 3.63) is 0 Å². The molecule has 1 heterocycles. The van der Waals surface area contributed by atoms with E-state index < -0.39 is 5.54 Å². The van der Waals surface area contributed by atoms with Crippen LogP contribution in [0.25, 0.3) is 0 Å². The van der Waals surface area contributed by atoms with E-state index in [9.17, 15) is 9.59 Å². The molecule has 130 valence electrons. The number of amides is 3. The van der Waals surface area contributed by atoms with Crippen molar-refractivity contribution in [2.45, 2.75) is 88.6 Å². The maximum atomic E-state index is 13.0. The van der Waals surface area contributed by atoms with Gasteiger partial charge >= 0.3 is 6.03 Å². The fourth-order valence-electron chi connectivity index (χ4n) is 4.46. The highest BCUT2D eigenvalue weighted by molar-refractivity contribution is 5.91. The molecule has 1 aliphatic heterocycles. The summed E-state index contributed by atoms with van der Waals surface area (Å²) in [7, 11) is 0. The highest BCUT2D eigenvalue weighted by Crippen LogP contribution is 2.31. The van der Waals surface area contributed by atoms with Gasteiger partial charge in [-0.1, -0.05) is 38.5 Å². The van der Waals surface area contributed by atoms with Crippen molar-refractivity contribution in [2.24, 2.45) is 0 Å². The molecule has 3 fully saturated rings. The van der Waals surface area contributed by atoms with Crippen LogP contribution in [0.15, 0.2) is 0 Å². The zero-order chi connectivity index (χ0) is 16.1. The van der Waals surface area contributed by atoms with Crippen LogP contribution in [0.2, 0.25) is 0 Å². The van der Waals surface area contributed by atoms with Gasteiger partial charge in [-0.2, -0.15) is 0 Å². The second-order valence-corrected chi connectivity index (χ2v) is 7.58. The molecule has 0 aromatic carbocycles. The Labute approximate surface area is 139 Å². The van der Waals surface area contributed by atoms with Gasteiger partial charge in [-0.15, -0.1) is 0 Å². The van der Waals surface area contributed by atoms with Crippen LogP contribution >= 0.6 is 0 Å². The second kappa shape index (κ2) is 7.54. The molecule has 2 N–H and O–H groups in total. The van der Waals surface area contributed by atoms with Crippen LogP contribution in [0.3, 0.4) is 0 Å². The van der Waals surface area contributed by atoms with Crippen LogP contribution in [0, 0.1) is 0 Å². The fraction of sp³-hybridized carbons (Fsp3) is 0.889. The van der Waals surface area contributed by atoms with Gasteiger partial charge in [0.2, 0.25) is 5.91 Å². The number of carbonyl (C=O) groups is 2. The number of urea groups is 1. The molecule has 0 radical (unpaired) electrons. The van der Waals surface area contributed by atoms with E-state index in [2.05, 4.69) is 10.6 Å². The summed E-state index contributed by atoms with van der Waals surface area (Å²) in [4.78, 5) is 27.5. The first-order valence-corrected chi connectivity index (χ1v) is 9.58. The van der Waals surface area contributed by atoms with Gasteiger partial charge in [-0.25, -0.2) is 4.79 Å². The summed E-state index contributed by atoms with van der Waals surface area (Å²) < 4.78 is 0. The summed E-state index contributed by atoms with van der Waals surface area (Å²) in [6.07, 6.45) is 12.8. The zero-order valence-corrected chi connectivity index (χ0v) is 14.2. The Morgan fingerprint density at radius 1 is 0.826 bits per heavy atom. The Balaban J connectivity index is 1.63. The molecule has 5 heteroatoms. The maximum absolute atomic E-state index is 13.0. The Morgan fingerprint density at radius 2 is 1.43 bits per heavy atom. The lowest BCUT2D eigenvalue weighted by molar-refractivity contribution is -0.138. The van der Waals surface area contributed by atoms with Crippen molar-refractivity contribution in [1.29, 1.82) is 0 Å².